The molecule has 3 aromatic rings. The number of halogens is 1. The number of carbonyl (C=O) groups is 1. The molecule has 0 saturated heterocycles. The molecule has 0 spiro atoms. The number of aromatic carboxylic acids is 1. The third-order valence-electron chi connectivity index (χ3n) is 3.23. The predicted octanol–water partition coefficient (Wildman–Crippen LogP) is 2.56. The van der Waals surface area contributed by atoms with Gasteiger partial charge in [0.25, 0.3) is 5.56 Å². The van der Waals surface area contributed by atoms with E-state index in [9.17, 15) is 9.59 Å². The minimum absolute atomic E-state index is 0.0196. The van der Waals surface area contributed by atoms with Crippen LogP contribution in [0, 0.1) is 6.92 Å². The van der Waals surface area contributed by atoms with Gasteiger partial charge in [-0.25, -0.2) is 9.78 Å². The van der Waals surface area contributed by atoms with Crippen molar-refractivity contribution < 1.29 is 9.90 Å². The minimum Gasteiger partial charge on any atom is -0.477 e. The van der Waals surface area contributed by atoms with Crippen molar-refractivity contribution >= 4 is 40.1 Å². The van der Waals surface area contributed by atoms with Gasteiger partial charge in [-0.05, 0) is 36.2 Å². The van der Waals surface area contributed by atoms with Crippen LogP contribution < -0.4 is 5.56 Å². The Bertz CT molecular complexity index is 931. The second-order valence-electron chi connectivity index (χ2n) is 4.69. The van der Waals surface area contributed by atoms with Crippen molar-refractivity contribution in [3.63, 3.8) is 0 Å². The Morgan fingerprint density at radius 2 is 2.00 bits per heavy atom. The van der Waals surface area contributed by atoms with Crippen molar-refractivity contribution in [2.75, 3.05) is 0 Å². The standard InChI is InChI=1S/C14H10ClN3O3S/c1-7-16-10-11(17-22-12(10)14(20)21)13(19)18(7)6-8-2-4-9(15)5-3-8/h2-5H,6H2,1H3,(H,20,21). The third-order valence-corrected chi connectivity index (χ3v) is 4.30. The molecule has 0 aliphatic heterocycles. The first-order valence-corrected chi connectivity index (χ1v) is 7.47. The Morgan fingerprint density at radius 3 is 2.64 bits per heavy atom. The van der Waals surface area contributed by atoms with E-state index in [1.54, 1.807) is 19.1 Å². The second-order valence-corrected chi connectivity index (χ2v) is 5.90. The molecule has 1 N–H and O–H groups in total. The zero-order chi connectivity index (χ0) is 15.9. The van der Waals surface area contributed by atoms with Crippen molar-refractivity contribution in [1.29, 1.82) is 0 Å². The molecular formula is C14H10ClN3O3S. The molecule has 0 atom stereocenters. The van der Waals surface area contributed by atoms with Gasteiger partial charge in [-0.3, -0.25) is 9.36 Å². The van der Waals surface area contributed by atoms with Crippen molar-refractivity contribution in [2.24, 2.45) is 0 Å². The van der Waals surface area contributed by atoms with Crippen LogP contribution in [0.3, 0.4) is 0 Å². The molecule has 22 heavy (non-hydrogen) atoms. The van der Waals surface area contributed by atoms with E-state index < -0.39 is 5.97 Å². The molecule has 0 aliphatic carbocycles. The monoisotopic (exact) mass is 335 g/mol. The van der Waals surface area contributed by atoms with Gasteiger partial charge in [0.15, 0.2) is 10.4 Å². The van der Waals surface area contributed by atoms with E-state index in [-0.39, 0.29) is 21.5 Å². The van der Waals surface area contributed by atoms with Crippen LogP contribution in [0.25, 0.3) is 11.0 Å². The van der Waals surface area contributed by atoms with Crippen LogP contribution in [0.4, 0.5) is 0 Å². The summed E-state index contributed by atoms with van der Waals surface area (Å²) in [4.78, 5) is 27.8. The largest absolute Gasteiger partial charge is 0.477 e. The highest BCUT2D eigenvalue weighted by Crippen LogP contribution is 2.18. The van der Waals surface area contributed by atoms with Crippen LogP contribution in [-0.4, -0.2) is 25.0 Å². The summed E-state index contributed by atoms with van der Waals surface area (Å²) in [6.45, 7) is 1.99. The lowest BCUT2D eigenvalue weighted by Crippen LogP contribution is -2.24. The Labute approximate surface area is 133 Å². The maximum Gasteiger partial charge on any atom is 0.349 e. The summed E-state index contributed by atoms with van der Waals surface area (Å²) in [6, 6.07) is 7.13. The van der Waals surface area contributed by atoms with Gasteiger partial charge in [-0.2, -0.15) is 4.37 Å². The van der Waals surface area contributed by atoms with E-state index in [4.69, 9.17) is 16.7 Å². The van der Waals surface area contributed by atoms with Gasteiger partial charge >= 0.3 is 5.97 Å². The SMILES string of the molecule is Cc1nc2c(C(=O)O)snc2c(=O)n1Cc1ccc(Cl)cc1. The lowest BCUT2D eigenvalue weighted by Gasteiger charge is -2.09. The smallest absolute Gasteiger partial charge is 0.349 e. The van der Waals surface area contributed by atoms with Crippen molar-refractivity contribution in [3.8, 4) is 0 Å². The zero-order valence-corrected chi connectivity index (χ0v) is 13.0. The minimum atomic E-state index is -1.13. The third kappa shape index (κ3) is 2.49. The fourth-order valence-electron chi connectivity index (χ4n) is 2.13. The van der Waals surface area contributed by atoms with Crippen molar-refractivity contribution in [3.05, 3.63) is 55.9 Å². The number of aromatic nitrogens is 3. The highest BCUT2D eigenvalue weighted by Gasteiger charge is 2.19. The Balaban J connectivity index is 2.13. The molecule has 0 unspecified atom stereocenters. The molecule has 2 heterocycles. The topological polar surface area (TPSA) is 85.1 Å². The number of hydrogen-bond acceptors (Lipinski definition) is 5. The predicted molar refractivity (Wildman–Crippen MR) is 83.9 cm³/mol. The van der Waals surface area contributed by atoms with Crippen LogP contribution in [0.5, 0.6) is 0 Å². The molecule has 8 heteroatoms. The fraction of sp³-hybridized carbons (Fsp3) is 0.143. The zero-order valence-electron chi connectivity index (χ0n) is 11.4. The van der Waals surface area contributed by atoms with Gasteiger partial charge in [-0.1, -0.05) is 23.7 Å². The molecule has 112 valence electrons. The van der Waals surface area contributed by atoms with Crippen LogP contribution in [-0.2, 0) is 6.54 Å². The number of benzene rings is 1. The summed E-state index contributed by atoms with van der Waals surface area (Å²) in [6.07, 6.45) is 0. The summed E-state index contributed by atoms with van der Waals surface area (Å²) in [5.41, 5.74) is 0.778. The first-order chi connectivity index (χ1) is 10.5. The Kier molecular flexibility index (Phi) is 3.67. The van der Waals surface area contributed by atoms with E-state index in [0.717, 1.165) is 17.1 Å². The Hall–Kier alpha value is -2.25. The number of carboxylic acids is 1. The molecule has 0 fully saturated rings. The fourth-order valence-corrected chi connectivity index (χ4v) is 2.91. The number of fused-ring (bicyclic) bond motifs is 1. The van der Waals surface area contributed by atoms with Gasteiger partial charge in [0.05, 0.1) is 6.54 Å². The quantitative estimate of drug-likeness (QED) is 0.795. The van der Waals surface area contributed by atoms with E-state index in [0.29, 0.717) is 17.4 Å². The molecular weight excluding hydrogens is 326 g/mol. The number of nitrogens with zero attached hydrogens (tertiary/aromatic N) is 3. The van der Waals surface area contributed by atoms with E-state index in [1.807, 2.05) is 12.1 Å². The number of rotatable bonds is 3. The van der Waals surface area contributed by atoms with Gasteiger partial charge < -0.3 is 5.11 Å². The second kappa shape index (κ2) is 5.51. The van der Waals surface area contributed by atoms with Gasteiger partial charge in [-0.15, -0.1) is 0 Å². The molecule has 0 aliphatic rings. The summed E-state index contributed by atoms with van der Waals surface area (Å²) >= 11 is 6.61. The van der Waals surface area contributed by atoms with E-state index in [2.05, 4.69) is 9.36 Å². The van der Waals surface area contributed by atoms with Crippen molar-refractivity contribution in [2.45, 2.75) is 13.5 Å². The number of hydrogen-bond donors (Lipinski definition) is 1. The van der Waals surface area contributed by atoms with Crippen LogP contribution in [0.1, 0.15) is 21.1 Å². The summed E-state index contributed by atoms with van der Waals surface area (Å²) < 4.78 is 5.41. The molecule has 3 rings (SSSR count). The first-order valence-electron chi connectivity index (χ1n) is 6.32. The van der Waals surface area contributed by atoms with Gasteiger partial charge in [0, 0.05) is 5.02 Å². The molecule has 0 saturated carbocycles. The summed E-state index contributed by atoms with van der Waals surface area (Å²) in [5, 5.41) is 9.71. The first kappa shape index (κ1) is 14.7. The molecule has 6 nitrogen and oxygen atoms in total. The van der Waals surface area contributed by atoms with Crippen LogP contribution in [0.2, 0.25) is 5.02 Å². The highest BCUT2D eigenvalue weighted by molar-refractivity contribution is 7.09. The van der Waals surface area contributed by atoms with E-state index >= 15 is 0 Å². The summed E-state index contributed by atoms with van der Waals surface area (Å²) in [5.74, 6) is -0.690. The normalized spacial score (nSPS) is 11.0. The van der Waals surface area contributed by atoms with Crippen molar-refractivity contribution in [1.82, 2.24) is 13.9 Å². The Morgan fingerprint density at radius 1 is 1.32 bits per heavy atom. The average molecular weight is 336 g/mol. The maximum absolute atomic E-state index is 12.5. The number of aryl methyl sites for hydroxylation is 1. The summed E-state index contributed by atoms with van der Waals surface area (Å²) in [7, 11) is 0. The average Bonchev–Trinajstić information content (AvgIpc) is 2.89. The van der Waals surface area contributed by atoms with Gasteiger partial charge in [0.2, 0.25) is 0 Å². The van der Waals surface area contributed by atoms with Crippen LogP contribution >= 0.6 is 23.1 Å². The highest BCUT2D eigenvalue weighted by atomic mass is 35.5. The lowest BCUT2D eigenvalue weighted by molar-refractivity contribution is 0.0704. The van der Waals surface area contributed by atoms with Crippen LogP contribution in [0.15, 0.2) is 29.1 Å². The van der Waals surface area contributed by atoms with E-state index in [1.165, 1.54) is 4.57 Å². The molecule has 2 aromatic heterocycles. The van der Waals surface area contributed by atoms with Gasteiger partial charge in [0.1, 0.15) is 11.3 Å². The molecule has 1 aromatic carbocycles. The number of carboxylic acid groups (broad SMARTS) is 1. The molecule has 0 radical (unpaired) electrons. The lowest BCUT2D eigenvalue weighted by atomic mass is 10.2. The maximum atomic E-state index is 12.5. The molecule has 0 amide bonds. The molecule has 0 bridgehead atoms.